The lowest BCUT2D eigenvalue weighted by molar-refractivity contribution is 0.0764. The molecule has 2 heterocycles. The van der Waals surface area contributed by atoms with Crippen LogP contribution in [0.3, 0.4) is 0 Å². The van der Waals surface area contributed by atoms with Crippen molar-refractivity contribution in [2.75, 3.05) is 13.1 Å². The molecule has 1 amide bonds. The van der Waals surface area contributed by atoms with Gasteiger partial charge in [0.1, 0.15) is 5.15 Å². The van der Waals surface area contributed by atoms with E-state index in [0.717, 1.165) is 0 Å². The SMILES string of the molecule is O=C(c1cnc(Cl)c(Cl)c1)N1CC[C@H](O)C1. The van der Waals surface area contributed by atoms with Crippen LogP contribution in [0.4, 0.5) is 0 Å². The van der Waals surface area contributed by atoms with Gasteiger partial charge >= 0.3 is 0 Å². The fourth-order valence-corrected chi connectivity index (χ4v) is 1.92. The number of rotatable bonds is 1. The molecule has 1 aromatic rings. The second kappa shape index (κ2) is 4.57. The van der Waals surface area contributed by atoms with Gasteiger partial charge in [-0.05, 0) is 12.5 Å². The highest BCUT2D eigenvalue weighted by molar-refractivity contribution is 6.41. The Morgan fingerprint density at radius 1 is 1.56 bits per heavy atom. The molecule has 0 aromatic carbocycles. The Hall–Kier alpha value is -0.840. The number of hydrogen-bond acceptors (Lipinski definition) is 3. The molecular weight excluding hydrogens is 251 g/mol. The summed E-state index contributed by atoms with van der Waals surface area (Å²) in [7, 11) is 0. The van der Waals surface area contributed by atoms with Crippen molar-refractivity contribution in [3.63, 3.8) is 0 Å². The van der Waals surface area contributed by atoms with E-state index < -0.39 is 6.10 Å². The number of pyridine rings is 1. The van der Waals surface area contributed by atoms with Gasteiger partial charge in [-0.1, -0.05) is 23.2 Å². The monoisotopic (exact) mass is 260 g/mol. The molecule has 0 saturated carbocycles. The van der Waals surface area contributed by atoms with Crippen molar-refractivity contribution in [2.45, 2.75) is 12.5 Å². The van der Waals surface area contributed by atoms with Gasteiger partial charge in [-0.2, -0.15) is 0 Å². The van der Waals surface area contributed by atoms with Crippen LogP contribution in [-0.2, 0) is 0 Å². The number of likely N-dealkylation sites (tertiary alicyclic amines) is 1. The van der Waals surface area contributed by atoms with Gasteiger partial charge in [-0.3, -0.25) is 4.79 Å². The molecule has 1 N–H and O–H groups in total. The molecule has 0 bridgehead atoms. The number of nitrogens with zero attached hydrogens (tertiary/aromatic N) is 2. The summed E-state index contributed by atoms with van der Waals surface area (Å²) in [4.78, 5) is 17.3. The topological polar surface area (TPSA) is 53.4 Å². The van der Waals surface area contributed by atoms with Gasteiger partial charge in [0.2, 0.25) is 0 Å². The number of halogens is 2. The molecule has 1 aliphatic rings. The number of aromatic nitrogens is 1. The van der Waals surface area contributed by atoms with Crippen LogP contribution in [0.5, 0.6) is 0 Å². The van der Waals surface area contributed by atoms with E-state index in [4.69, 9.17) is 23.2 Å². The average molecular weight is 261 g/mol. The maximum atomic E-state index is 11.9. The van der Waals surface area contributed by atoms with Crippen LogP contribution in [0.1, 0.15) is 16.8 Å². The molecule has 1 fully saturated rings. The Balaban J connectivity index is 2.18. The summed E-state index contributed by atoms with van der Waals surface area (Å²) in [6, 6.07) is 1.49. The van der Waals surface area contributed by atoms with Crippen molar-refractivity contribution >= 4 is 29.1 Å². The van der Waals surface area contributed by atoms with E-state index in [-0.39, 0.29) is 16.1 Å². The first-order valence-electron chi connectivity index (χ1n) is 4.86. The summed E-state index contributed by atoms with van der Waals surface area (Å²) in [5.41, 5.74) is 0.392. The maximum Gasteiger partial charge on any atom is 0.255 e. The van der Waals surface area contributed by atoms with Crippen molar-refractivity contribution in [1.82, 2.24) is 9.88 Å². The molecule has 1 atom stereocenters. The minimum absolute atomic E-state index is 0.178. The molecule has 0 unspecified atom stereocenters. The smallest absolute Gasteiger partial charge is 0.255 e. The zero-order valence-electron chi connectivity index (χ0n) is 8.36. The molecule has 0 aliphatic carbocycles. The van der Waals surface area contributed by atoms with Gasteiger partial charge in [0.05, 0.1) is 16.7 Å². The van der Waals surface area contributed by atoms with E-state index >= 15 is 0 Å². The van der Waals surface area contributed by atoms with E-state index in [1.807, 2.05) is 0 Å². The third-order valence-corrected chi connectivity index (χ3v) is 3.18. The predicted molar refractivity (Wildman–Crippen MR) is 60.8 cm³/mol. The summed E-state index contributed by atoms with van der Waals surface area (Å²) in [6.45, 7) is 0.916. The van der Waals surface area contributed by atoms with Crippen LogP contribution in [-0.4, -0.2) is 40.1 Å². The first-order chi connectivity index (χ1) is 7.58. The first kappa shape index (κ1) is 11.6. The number of hydrogen-bond donors (Lipinski definition) is 1. The summed E-state index contributed by atoms with van der Waals surface area (Å²) in [5.74, 6) is -0.178. The molecular formula is C10H10Cl2N2O2. The largest absolute Gasteiger partial charge is 0.391 e. The second-order valence-electron chi connectivity index (χ2n) is 3.69. The Morgan fingerprint density at radius 2 is 2.31 bits per heavy atom. The Labute approximate surface area is 103 Å². The number of aliphatic hydroxyl groups excluding tert-OH is 1. The fraction of sp³-hybridized carbons (Fsp3) is 0.400. The Morgan fingerprint density at radius 3 is 2.88 bits per heavy atom. The zero-order valence-corrected chi connectivity index (χ0v) is 9.87. The minimum Gasteiger partial charge on any atom is -0.391 e. The first-order valence-corrected chi connectivity index (χ1v) is 5.62. The third kappa shape index (κ3) is 2.29. The molecule has 1 aromatic heterocycles. The van der Waals surface area contributed by atoms with Crippen LogP contribution in [0.2, 0.25) is 10.2 Å². The quantitative estimate of drug-likeness (QED) is 0.781. The van der Waals surface area contributed by atoms with E-state index in [2.05, 4.69) is 4.98 Å². The van der Waals surface area contributed by atoms with Gasteiger partial charge in [0.25, 0.3) is 5.91 Å². The van der Waals surface area contributed by atoms with E-state index in [9.17, 15) is 9.90 Å². The van der Waals surface area contributed by atoms with E-state index in [1.165, 1.54) is 12.3 Å². The fourth-order valence-electron chi connectivity index (χ4n) is 1.65. The van der Waals surface area contributed by atoms with Gasteiger partial charge in [-0.25, -0.2) is 4.98 Å². The summed E-state index contributed by atoms with van der Waals surface area (Å²) < 4.78 is 0. The molecule has 6 heteroatoms. The Bertz CT molecular complexity index is 425. The van der Waals surface area contributed by atoms with Gasteiger partial charge in [0.15, 0.2) is 0 Å². The van der Waals surface area contributed by atoms with Crippen LogP contribution >= 0.6 is 23.2 Å². The number of amides is 1. The van der Waals surface area contributed by atoms with Crippen molar-refractivity contribution in [1.29, 1.82) is 0 Å². The highest BCUT2D eigenvalue weighted by atomic mass is 35.5. The van der Waals surface area contributed by atoms with Crippen molar-refractivity contribution in [3.8, 4) is 0 Å². The third-order valence-electron chi connectivity index (χ3n) is 2.49. The predicted octanol–water partition coefficient (Wildman–Crippen LogP) is 1.60. The average Bonchev–Trinajstić information content (AvgIpc) is 2.68. The molecule has 0 radical (unpaired) electrons. The number of carbonyl (C=O) groups excluding carboxylic acids is 1. The van der Waals surface area contributed by atoms with Crippen LogP contribution < -0.4 is 0 Å². The van der Waals surface area contributed by atoms with Gasteiger partial charge in [0, 0.05) is 19.3 Å². The van der Waals surface area contributed by atoms with Gasteiger partial charge in [-0.15, -0.1) is 0 Å². The lowest BCUT2D eigenvalue weighted by atomic mass is 10.2. The second-order valence-corrected chi connectivity index (χ2v) is 4.46. The highest BCUT2D eigenvalue weighted by Crippen LogP contribution is 2.21. The number of carbonyl (C=O) groups is 1. The molecule has 16 heavy (non-hydrogen) atoms. The summed E-state index contributed by atoms with van der Waals surface area (Å²) >= 11 is 11.4. The van der Waals surface area contributed by atoms with Crippen LogP contribution in [0.25, 0.3) is 0 Å². The number of aliphatic hydroxyl groups is 1. The number of β-amino-alcohol motifs (C(OH)–C–C–N with tert-alkyl or cyclic N) is 1. The summed E-state index contributed by atoms with van der Waals surface area (Å²) in [5, 5.41) is 9.77. The van der Waals surface area contributed by atoms with Crippen LogP contribution in [0, 0.1) is 0 Å². The van der Waals surface area contributed by atoms with Crippen molar-refractivity contribution in [3.05, 3.63) is 28.0 Å². The van der Waals surface area contributed by atoms with Gasteiger partial charge < -0.3 is 10.0 Å². The maximum absolute atomic E-state index is 11.9. The van der Waals surface area contributed by atoms with Crippen LogP contribution in [0.15, 0.2) is 12.3 Å². The molecule has 4 nitrogen and oxygen atoms in total. The molecule has 86 valence electrons. The van der Waals surface area contributed by atoms with E-state index in [0.29, 0.717) is 25.1 Å². The molecule has 1 aliphatic heterocycles. The zero-order chi connectivity index (χ0) is 11.7. The highest BCUT2D eigenvalue weighted by Gasteiger charge is 2.25. The standard InChI is InChI=1S/C10H10Cl2N2O2/c11-8-3-6(4-13-9(8)12)10(16)14-2-1-7(15)5-14/h3-4,7,15H,1-2,5H2/t7-/m0/s1. The lowest BCUT2D eigenvalue weighted by Crippen LogP contribution is -2.29. The normalized spacial score (nSPS) is 20.2. The minimum atomic E-state index is -0.431. The Kier molecular flexibility index (Phi) is 3.33. The molecule has 0 spiro atoms. The molecule has 2 rings (SSSR count). The van der Waals surface area contributed by atoms with E-state index in [1.54, 1.807) is 4.90 Å². The lowest BCUT2D eigenvalue weighted by Gasteiger charge is -2.15. The summed E-state index contributed by atoms with van der Waals surface area (Å²) in [6.07, 6.45) is 1.57. The van der Waals surface area contributed by atoms with Crippen molar-refractivity contribution < 1.29 is 9.90 Å². The molecule has 1 saturated heterocycles. The van der Waals surface area contributed by atoms with Crippen molar-refractivity contribution in [2.24, 2.45) is 0 Å².